The van der Waals surface area contributed by atoms with Gasteiger partial charge in [0.25, 0.3) is 0 Å². The molecule has 2 aliphatic heterocycles. The molecule has 1 fully saturated rings. The average molecular weight is 262 g/mol. The Kier molecular flexibility index (Phi) is 3.62. The molecule has 2 heterocycles. The van der Waals surface area contributed by atoms with E-state index in [1.807, 2.05) is 6.07 Å². The van der Waals surface area contributed by atoms with E-state index in [-0.39, 0.29) is 0 Å². The van der Waals surface area contributed by atoms with Crippen LogP contribution in [0.5, 0.6) is 11.5 Å². The summed E-state index contributed by atoms with van der Waals surface area (Å²) in [5.41, 5.74) is 1.26. The van der Waals surface area contributed by atoms with E-state index in [9.17, 15) is 0 Å². The van der Waals surface area contributed by atoms with Crippen LogP contribution in [0.25, 0.3) is 0 Å². The summed E-state index contributed by atoms with van der Waals surface area (Å²) in [7, 11) is 2.19. The number of benzene rings is 1. The van der Waals surface area contributed by atoms with E-state index in [4.69, 9.17) is 9.47 Å². The number of likely N-dealkylation sites (tertiary alicyclic amines) is 1. The zero-order chi connectivity index (χ0) is 13.2. The first kappa shape index (κ1) is 12.8. The number of fused-ring (bicyclic) bond motifs is 1. The molecule has 0 radical (unpaired) electrons. The van der Waals surface area contributed by atoms with Crippen LogP contribution in [-0.4, -0.2) is 43.8 Å². The Hall–Kier alpha value is -1.26. The van der Waals surface area contributed by atoms with Crippen molar-refractivity contribution in [1.29, 1.82) is 0 Å². The molecule has 19 heavy (non-hydrogen) atoms. The van der Waals surface area contributed by atoms with Crippen molar-refractivity contribution < 1.29 is 9.47 Å². The summed E-state index contributed by atoms with van der Waals surface area (Å²) in [6.45, 7) is 5.60. The van der Waals surface area contributed by atoms with Crippen LogP contribution in [-0.2, 0) is 6.54 Å². The molecule has 0 aromatic heterocycles. The highest BCUT2D eigenvalue weighted by Crippen LogP contribution is 2.30. The van der Waals surface area contributed by atoms with E-state index in [2.05, 4.69) is 36.3 Å². The molecule has 0 bridgehead atoms. The molecule has 0 spiro atoms. The van der Waals surface area contributed by atoms with Crippen molar-refractivity contribution in [1.82, 2.24) is 10.2 Å². The molecule has 2 atom stereocenters. The molecule has 1 N–H and O–H groups in total. The highest BCUT2D eigenvalue weighted by atomic mass is 16.6. The van der Waals surface area contributed by atoms with Gasteiger partial charge in [0.1, 0.15) is 13.2 Å². The minimum Gasteiger partial charge on any atom is -0.486 e. The number of hydrogen-bond donors (Lipinski definition) is 1. The molecule has 0 amide bonds. The average Bonchev–Trinajstić information content (AvgIpc) is 2.75. The SMILES string of the molecule is CC1CC(NCc2ccc3c(c2)OCCO3)CN1C. The minimum absolute atomic E-state index is 0.591. The zero-order valence-electron chi connectivity index (χ0n) is 11.7. The first-order valence-corrected chi connectivity index (χ1v) is 7.04. The van der Waals surface area contributed by atoms with Crippen molar-refractivity contribution in [3.63, 3.8) is 0 Å². The number of rotatable bonds is 3. The standard InChI is InChI=1S/C15H22N2O2/c1-11-7-13(10-17(11)2)16-9-12-3-4-14-15(8-12)19-6-5-18-14/h3-4,8,11,13,16H,5-7,9-10H2,1-2H3. The highest BCUT2D eigenvalue weighted by Gasteiger charge is 2.25. The normalized spacial score (nSPS) is 26.6. The van der Waals surface area contributed by atoms with Crippen molar-refractivity contribution in [2.45, 2.75) is 32.0 Å². The van der Waals surface area contributed by atoms with Gasteiger partial charge in [-0.1, -0.05) is 6.07 Å². The third-order valence-electron chi connectivity index (χ3n) is 4.09. The van der Waals surface area contributed by atoms with Gasteiger partial charge in [-0.05, 0) is 38.1 Å². The molecule has 4 heteroatoms. The van der Waals surface area contributed by atoms with Gasteiger partial charge in [0, 0.05) is 25.2 Å². The third-order valence-corrected chi connectivity index (χ3v) is 4.09. The Morgan fingerprint density at radius 2 is 2.05 bits per heavy atom. The monoisotopic (exact) mass is 262 g/mol. The van der Waals surface area contributed by atoms with Gasteiger partial charge in [0.05, 0.1) is 0 Å². The van der Waals surface area contributed by atoms with Crippen molar-refractivity contribution >= 4 is 0 Å². The van der Waals surface area contributed by atoms with Gasteiger partial charge in [-0.3, -0.25) is 0 Å². The predicted molar refractivity (Wildman–Crippen MR) is 74.8 cm³/mol. The second-order valence-electron chi connectivity index (χ2n) is 5.58. The summed E-state index contributed by atoms with van der Waals surface area (Å²) in [5.74, 6) is 1.74. The molecule has 1 aromatic carbocycles. The summed E-state index contributed by atoms with van der Waals surface area (Å²) in [5, 5.41) is 3.63. The number of hydrogen-bond acceptors (Lipinski definition) is 4. The van der Waals surface area contributed by atoms with Crippen molar-refractivity contribution in [2.75, 3.05) is 26.8 Å². The smallest absolute Gasteiger partial charge is 0.161 e. The first-order chi connectivity index (χ1) is 9.22. The Labute approximate surface area is 114 Å². The van der Waals surface area contributed by atoms with E-state index in [1.165, 1.54) is 12.0 Å². The Balaban J connectivity index is 1.58. The number of likely N-dealkylation sites (N-methyl/N-ethyl adjacent to an activating group) is 1. The Morgan fingerprint density at radius 3 is 2.79 bits per heavy atom. The van der Waals surface area contributed by atoms with Gasteiger partial charge in [-0.2, -0.15) is 0 Å². The first-order valence-electron chi connectivity index (χ1n) is 7.04. The third kappa shape index (κ3) is 2.85. The molecular formula is C15H22N2O2. The molecule has 1 aromatic rings. The van der Waals surface area contributed by atoms with E-state index >= 15 is 0 Å². The molecule has 1 saturated heterocycles. The maximum absolute atomic E-state index is 5.61. The number of nitrogens with one attached hydrogen (secondary N) is 1. The van der Waals surface area contributed by atoms with Crippen LogP contribution >= 0.6 is 0 Å². The second kappa shape index (κ2) is 5.39. The summed E-state index contributed by atoms with van der Waals surface area (Å²) >= 11 is 0. The number of ether oxygens (including phenoxy) is 2. The van der Waals surface area contributed by atoms with Crippen molar-refractivity contribution in [2.24, 2.45) is 0 Å². The van der Waals surface area contributed by atoms with E-state index in [0.29, 0.717) is 25.3 Å². The number of nitrogens with zero attached hydrogens (tertiary/aromatic N) is 1. The van der Waals surface area contributed by atoms with Crippen LogP contribution in [0.15, 0.2) is 18.2 Å². The lowest BCUT2D eigenvalue weighted by atomic mass is 10.1. The van der Waals surface area contributed by atoms with Gasteiger partial charge in [0.2, 0.25) is 0 Å². The van der Waals surface area contributed by atoms with Crippen molar-refractivity contribution in [3.8, 4) is 11.5 Å². The largest absolute Gasteiger partial charge is 0.486 e. The zero-order valence-corrected chi connectivity index (χ0v) is 11.7. The summed E-state index contributed by atoms with van der Waals surface area (Å²) < 4.78 is 11.1. The maximum Gasteiger partial charge on any atom is 0.161 e. The fraction of sp³-hybridized carbons (Fsp3) is 0.600. The molecule has 0 saturated carbocycles. The lowest BCUT2D eigenvalue weighted by molar-refractivity contribution is 0.171. The van der Waals surface area contributed by atoms with Gasteiger partial charge in [0.15, 0.2) is 11.5 Å². The molecule has 104 valence electrons. The lowest BCUT2D eigenvalue weighted by Gasteiger charge is -2.19. The molecular weight excluding hydrogens is 240 g/mol. The van der Waals surface area contributed by atoms with Gasteiger partial charge >= 0.3 is 0 Å². The Morgan fingerprint density at radius 1 is 1.26 bits per heavy atom. The van der Waals surface area contributed by atoms with Crippen LogP contribution in [0.3, 0.4) is 0 Å². The van der Waals surface area contributed by atoms with Gasteiger partial charge < -0.3 is 19.7 Å². The molecule has 2 unspecified atom stereocenters. The van der Waals surface area contributed by atoms with Gasteiger partial charge in [-0.15, -0.1) is 0 Å². The topological polar surface area (TPSA) is 33.7 Å². The van der Waals surface area contributed by atoms with E-state index in [1.54, 1.807) is 0 Å². The maximum atomic E-state index is 5.61. The molecule has 3 rings (SSSR count). The summed E-state index contributed by atoms with van der Waals surface area (Å²) in [6.07, 6.45) is 1.22. The van der Waals surface area contributed by atoms with E-state index < -0.39 is 0 Å². The minimum atomic E-state index is 0.591. The Bertz CT molecular complexity index is 440. The van der Waals surface area contributed by atoms with Crippen LogP contribution in [0.2, 0.25) is 0 Å². The molecule has 2 aliphatic rings. The summed E-state index contributed by atoms with van der Waals surface area (Å²) in [4.78, 5) is 2.40. The van der Waals surface area contributed by atoms with Crippen molar-refractivity contribution in [3.05, 3.63) is 23.8 Å². The second-order valence-corrected chi connectivity index (χ2v) is 5.58. The fourth-order valence-corrected chi connectivity index (χ4v) is 2.80. The molecule has 4 nitrogen and oxygen atoms in total. The highest BCUT2D eigenvalue weighted by molar-refractivity contribution is 5.43. The van der Waals surface area contributed by atoms with Gasteiger partial charge in [-0.25, -0.2) is 0 Å². The van der Waals surface area contributed by atoms with E-state index in [0.717, 1.165) is 24.6 Å². The van der Waals surface area contributed by atoms with Crippen LogP contribution in [0.1, 0.15) is 18.9 Å². The lowest BCUT2D eigenvalue weighted by Crippen LogP contribution is -2.31. The van der Waals surface area contributed by atoms with Crippen LogP contribution < -0.4 is 14.8 Å². The van der Waals surface area contributed by atoms with Crippen LogP contribution in [0, 0.1) is 0 Å². The van der Waals surface area contributed by atoms with Crippen LogP contribution in [0.4, 0.5) is 0 Å². The summed E-state index contributed by atoms with van der Waals surface area (Å²) in [6, 6.07) is 7.48. The molecule has 0 aliphatic carbocycles. The quantitative estimate of drug-likeness (QED) is 0.898. The predicted octanol–water partition coefficient (Wildman–Crippen LogP) is 1.64. The fourth-order valence-electron chi connectivity index (χ4n) is 2.80.